The first kappa shape index (κ1) is 26.6. The van der Waals surface area contributed by atoms with Gasteiger partial charge in [-0.2, -0.15) is 0 Å². The van der Waals surface area contributed by atoms with E-state index in [4.69, 9.17) is 10.3 Å². The van der Waals surface area contributed by atoms with E-state index in [0.29, 0.717) is 40.9 Å². The molecule has 0 spiro atoms. The smallest absolute Gasteiger partial charge is 0.168 e. The first-order chi connectivity index (χ1) is 18.8. The SMILES string of the molecule is CNc1cnccc1C1CC(N)C[C@@H](Cc2cc(-c3c(C)noc3C)cc(F)c2-c2nc(C=O)ccc2F)C1. The van der Waals surface area contributed by atoms with E-state index in [1.807, 2.05) is 19.2 Å². The molecule has 202 valence electrons. The minimum absolute atomic E-state index is 0.0311. The molecule has 5 rings (SSSR count). The van der Waals surface area contributed by atoms with Crippen LogP contribution in [0, 0.1) is 31.4 Å². The number of hydrogen-bond acceptors (Lipinski definition) is 7. The third-order valence-electron chi connectivity index (χ3n) is 7.63. The fraction of sp³-hybridized carbons (Fsp3) is 0.333. The van der Waals surface area contributed by atoms with E-state index in [2.05, 4.69) is 20.4 Å². The van der Waals surface area contributed by atoms with Gasteiger partial charge in [0.05, 0.1) is 17.6 Å². The number of halogens is 2. The van der Waals surface area contributed by atoms with Crippen molar-refractivity contribution in [3.8, 4) is 22.4 Å². The van der Waals surface area contributed by atoms with Gasteiger partial charge in [-0.1, -0.05) is 11.2 Å². The van der Waals surface area contributed by atoms with Crippen LogP contribution in [0.2, 0.25) is 0 Å². The van der Waals surface area contributed by atoms with Gasteiger partial charge in [0.1, 0.15) is 28.8 Å². The number of pyridine rings is 2. The fourth-order valence-electron chi connectivity index (χ4n) is 6.01. The predicted molar refractivity (Wildman–Crippen MR) is 145 cm³/mol. The Morgan fingerprint density at radius 1 is 1.10 bits per heavy atom. The highest BCUT2D eigenvalue weighted by Crippen LogP contribution is 2.42. The molecule has 0 saturated heterocycles. The van der Waals surface area contributed by atoms with Crippen molar-refractivity contribution in [3.05, 3.63) is 82.6 Å². The number of aromatic nitrogens is 3. The lowest BCUT2D eigenvalue weighted by Gasteiger charge is -2.34. The van der Waals surface area contributed by atoms with Crippen LogP contribution in [0.1, 0.15) is 58.2 Å². The van der Waals surface area contributed by atoms with Crippen LogP contribution < -0.4 is 11.1 Å². The van der Waals surface area contributed by atoms with E-state index in [-0.39, 0.29) is 34.8 Å². The topological polar surface area (TPSA) is 107 Å². The van der Waals surface area contributed by atoms with Crippen molar-refractivity contribution in [2.24, 2.45) is 11.7 Å². The van der Waals surface area contributed by atoms with Gasteiger partial charge in [-0.15, -0.1) is 0 Å². The van der Waals surface area contributed by atoms with Gasteiger partial charge in [-0.3, -0.25) is 9.78 Å². The van der Waals surface area contributed by atoms with Gasteiger partial charge in [-0.05, 0) is 92.3 Å². The third kappa shape index (κ3) is 5.31. The van der Waals surface area contributed by atoms with Gasteiger partial charge in [0, 0.05) is 30.4 Å². The molecule has 3 atom stereocenters. The molecule has 9 heteroatoms. The van der Waals surface area contributed by atoms with Crippen LogP contribution in [-0.2, 0) is 6.42 Å². The second-order valence-corrected chi connectivity index (χ2v) is 10.3. The highest BCUT2D eigenvalue weighted by molar-refractivity contribution is 5.77. The number of benzene rings is 1. The normalized spacial score (nSPS) is 19.2. The highest BCUT2D eigenvalue weighted by Gasteiger charge is 2.31. The van der Waals surface area contributed by atoms with E-state index in [1.54, 1.807) is 26.2 Å². The van der Waals surface area contributed by atoms with Gasteiger partial charge in [0.2, 0.25) is 0 Å². The van der Waals surface area contributed by atoms with Crippen LogP contribution in [0.3, 0.4) is 0 Å². The molecule has 0 amide bonds. The molecule has 1 aromatic carbocycles. The van der Waals surface area contributed by atoms with Crippen LogP contribution in [0.25, 0.3) is 22.4 Å². The van der Waals surface area contributed by atoms with Crippen LogP contribution in [0.4, 0.5) is 14.5 Å². The predicted octanol–water partition coefficient (Wildman–Crippen LogP) is 6.00. The number of aryl methyl sites for hydroxylation is 2. The van der Waals surface area contributed by atoms with Crippen LogP contribution >= 0.6 is 0 Å². The van der Waals surface area contributed by atoms with E-state index < -0.39 is 11.6 Å². The van der Waals surface area contributed by atoms with E-state index in [1.165, 1.54) is 12.1 Å². The summed E-state index contributed by atoms with van der Waals surface area (Å²) in [6.45, 7) is 3.57. The molecule has 1 fully saturated rings. The first-order valence-corrected chi connectivity index (χ1v) is 13.0. The largest absolute Gasteiger partial charge is 0.387 e. The van der Waals surface area contributed by atoms with Crippen molar-refractivity contribution in [2.75, 3.05) is 12.4 Å². The average molecular weight is 532 g/mol. The molecule has 3 heterocycles. The van der Waals surface area contributed by atoms with E-state index in [9.17, 15) is 4.79 Å². The molecule has 39 heavy (non-hydrogen) atoms. The van der Waals surface area contributed by atoms with Crippen molar-refractivity contribution >= 4 is 12.0 Å². The Morgan fingerprint density at radius 2 is 1.92 bits per heavy atom. The summed E-state index contributed by atoms with van der Waals surface area (Å²) in [5.74, 6) is -0.460. The summed E-state index contributed by atoms with van der Waals surface area (Å²) in [5, 5.41) is 7.23. The van der Waals surface area contributed by atoms with E-state index in [0.717, 1.165) is 36.6 Å². The molecule has 3 aromatic heterocycles. The molecule has 0 radical (unpaired) electrons. The van der Waals surface area contributed by atoms with E-state index >= 15 is 8.78 Å². The minimum Gasteiger partial charge on any atom is -0.387 e. The van der Waals surface area contributed by atoms with Gasteiger partial charge in [0.15, 0.2) is 6.29 Å². The molecule has 2 unspecified atom stereocenters. The lowest BCUT2D eigenvalue weighted by molar-refractivity contribution is 0.111. The fourth-order valence-corrected chi connectivity index (χ4v) is 6.01. The number of nitrogens with two attached hydrogens (primary N) is 1. The number of anilines is 1. The van der Waals surface area contributed by atoms with Gasteiger partial charge < -0.3 is 15.6 Å². The highest BCUT2D eigenvalue weighted by atomic mass is 19.1. The maximum Gasteiger partial charge on any atom is 0.168 e. The lowest BCUT2D eigenvalue weighted by Crippen LogP contribution is -2.33. The van der Waals surface area contributed by atoms with Crippen molar-refractivity contribution in [3.63, 3.8) is 0 Å². The Balaban J connectivity index is 1.60. The molecule has 1 aliphatic rings. The Bertz CT molecular complexity index is 1500. The summed E-state index contributed by atoms with van der Waals surface area (Å²) >= 11 is 0. The number of carbonyl (C=O) groups is 1. The molecular formula is C30H31F2N5O2. The van der Waals surface area contributed by atoms with Crippen molar-refractivity contribution in [2.45, 2.75) is 51.5 Å². The number of rotatable bonds is 7. The average Bonchev–Trinajstić information content (AvgIpc) is 3.26. The number of carbonyl (C=O) groups excluding carboxylic acids is 1. The molecular weight excluding hydrogens is 500 g/mol. The summed E-state index contributed by atoms with van der Waals surface area (Å²) in [7, 11) is 1.87. The Labute approximate surface area is 225 Å². The maximum absolute atomic E-state index is 16.0. The molecule has 1 saturated carbocycles. The summed E-state index contributed by atoms with van der Waals surface area (Å²) in [4.78, 5) is 19.8. The second kappa shape index (κ2) is 11.0. The maximum atomic E-state index is 16.0. The van der Waals surface area contributed by atoms with Gasteiger partial charge in [-0.25, -0.2) is 13.8 Å². The zero-order valence-electron chi connectivity index (χ0n) is 22.2. The summed E-state index contributed by atoms with van der Waals surface area (Å²) < 4.78 is 36.3. The second-order valence-electron chi connectivity index (χ2n) is 10.3. The molecule has 0 aliphatic heterocycles. The molecule has 4 aromatic rings. The summed E-state index contributed by atoms with van der Waals surface area (Å²) in [5.41, 5.74) is 11.1. The minimum atomic E-state index is -0.695. The summed E-state index contributed by atoms with van der Waals surface area (Å²) in [6.07, 6.45) is 6.97. The Kier molecular flexibility index (Phi) is 7.52. The van der Waals surface area contributed by atoms with Crippen LogP contribution in [-0.4, -0.2) is 34.5 Å². The van der Waals surface area contributed by atoms with Crippen LogP contribution in [0.15, 0.2) is 47.2 Å². The standard InChI is InChI=1S/C30H31F2N5O2/c1-16-28(17(2)39-37-16)21-11-20(29(26(32)13-21)30-25(31)5-4-23(15-38)36-30)9-18-8-19(12-22(33)10-18)24-6-7-35-14-27(24)34-3/h4-7,11,13-15,18-19,22,34H,8-10,12,33H2,1-3H3/t18-,19?,22?/m1/s1. The van der Waals surface area contributed by atoms with Crippen molar-refractivity contribution in [1.29, 1.82) is 0 Å². The number of hydrogen-bond donors (Lipinski definition) is 2. The Morgan fingerprint density at radius 3 is 2.64 bits per heavy atom. The van der Waals surface area contributed by atoms with Crippen molar-refractivity contribution in [1.82, 2.24) is 15.1 Å². The lowest BCUT2D eigenvalue weighted by atomic mass is 9.73. The van der Waals surface area contributed by atoms with Crippen LogP contribution in [0.5, 0.6) is 0 Å². The number of nitrogens with one attached hydrogen (secondary N) is 1. The molecule has 0 bridgehead atoms. The molecule has 1 aliphatic carbocycles. The molecule has 3 N–H and O–H groups in total. The summed E-state index contributed by atoms with van der Waals surface area (Å²) in [6, 6.07) is 7.61. The van der Waals surface area contributed by atoms with Gasteiger partial charge >= 0.3 is 0 Å². The van der Waals surface area contributed by atoms with Crippen molar-refractivity contribution < 1.29 is 18.1 Å². The third-order valence-corrected chi connectivity index (χ3v) is 7.63. The van der Waals surface area contributed by atoms with Gasteiger partial charge in [0.25, 0.3) is 0 Å². The quantitative estimate of drug-likeness (QED) is 0.282. The number of aldehydes is 1. The first-order valence-electron chi connectivity index (χ1n) is 13.0. The monoisotopic (exact) mass is 531 g/mol. The Hall–Kier alpha value is -3.98. The zero-order chi connectivity index (χ0) is 27.7. The zero-order valence-corrected chi connectivity index (χ0v) is 22.2. The molecule has 7 nitrogen and oxygen atoms in total. The number of nitrogens with zero attached hydrogens (tertiary/aromatic N) is 3.